The minimum absolute atomic E-state index is 0.00214. The largest absolute Gasteiger partial charge is 0.507 e. The van der Waals surface area contributed by atoms with E-state index >= 15 is 0 Å². The number of halogens is 1. The molecule has 9 nitrogen and oxygen atoms in total. The number of carbonyl (C=O) groups excluding carboxylic acids is 2. The highest BCUT2D eigenvalue weighted by Crippen LogP contribution is 2.46. The zero-order valence-corrected chi connectivity index (χ0v) is 27.8. The Bertz CT molecular complexity index is 2000. The number of ketones is 1. The van der Waals surface area contributed by atoms with Gasteiger partial charge in [0, 0.05) is 11.3 Å². The Labute approximate surface area is 284 Å². The predicted molar refractivity (Wildman–Crippen MR) is 182 cm³/mol. The van der Waals surface area contributed by atoms with Crippen LogP contribution in [0.1, 0.15) is 33.9 Å². The molecule has 1 amide bonds. The van der Waals surface area contributed by atoms with Crippen molar-refractivity contribution in [2.45, 2.75) is 29.7 Å². The van der Waals surface area contributed by atoms with Gasteiger partial charge in [-0.05, 0) is 53.9 Å². The van der Waals surface area contributed by atoms with Crippen molar-refractivity contribution >= 4 is 45.7 Å². The zero-order valence-electron chi connectivity index (χ0n) is 26.2. The second-order valence-electron chi connectivity index (χ2n) is 10.8. The average Bonchev–Trinajstić information content (AvgIpc) is 3.68. The van der Waals surface area contributed by atoms with Gasteiger partial charge in [-0.25, -0.2) is 4.39 Å². The number of carbonyl (C=O) groups is 2. The van der Waals surface area contributed by atoms with Gasteiger partial charge in [-0.3, -0.25) is 14.5 Å². The number of aryl methyl sites for hydroxylation is 1. The third kappa shape index (κ3) is 6.76. The van der Waals surface area contributed by atoms with Crippen LogP contribution in [0.3, 0.4) is 0 Å². The van der Waals surface area contributed by atoms with Crippen molar-refractivity contribution in [3.63, 3.8) is 0 Å². The number of benzene rings is 4. The first-order valence-corrected chi connectivity index (χ1v) is 16.6. The van der Waals surface area contributed by atoms with E-state index in [2.05, 4.69) is 10.2 Å². The van der Waals surface area contributed by atoms with Crippen LogP contribution in [0.2, 0.25) is 0 Å². The van der Waals surface area contributed by atoms with Crippen LogP contribution in [0.15, 0.2) is 101 Å². The van der Waals surface area contributed by atoms with Gasteiger partial charge in [-0.15, -0.1) is 10.2 Å². The number of amides is 1. The Morgan fingerprint density at radius 2 is 1.62 bits per heavy atom. The Morgan fingerprint density at radius 1 is 0.896 bits per heavy atom. The lowest BCUT2D eigenvalue weighted by atomic mass is 9.95. The molecule has 48 heavy (non-hydrogen) atoms. The summed E-state index contributed by atoms with van der Waals surface area (Å²) in [6, 6.07) is 25.4. The van der Waals surface area contributed by atoms with Crippen LogP contribution >= 0.6 is 23.1 Å². The molecule has 1 atom stereocenters. The number of Topliss-reactive ketones (excluding diaryl/α,β-unsaturated/α-hetero) is 1. The summed E-state index contributed by atoms with van der Waals surface area (Å²) < 4.78 is 32.0. The van der Waals surface area contributed by atoms with Crippen LogP contribution in [0.5, 0.6) is 17.2 Å². The fraction of sp³-hybridized carbons (Fsp3) is 0.167. The maximum Gasteiger partial charge on any atom is 0.301 e. The third-order valence-electron chi connectivity index (χ3n) is 7.70. The normalized spacial score (nSPS) is 15.5. The van der Waals surface area contributed by atoms with Crippen molar-refractivity contribution in [3.05, 3.63) is 130 Å². The fourth-order valence-electron chi connectivity index (χ4n) is 5.21. The quantitative estimate of drug-likeness (QED) is 0.0498. The Kier molecular flexibility index (Phi) is 9.74. The van der Waals surface area contributed by atoms with Crippen LogP contribution in [-0.4, -0.2) is 41.2 Å². The number of thioether (sulfide) groups is 1. The molecule has 12 heteroatoms. The number of aliphatic hydroxyl groups is 1. The first-order chi connectivity index (χ1) is 23.3. The number of hydrogen-bond donors (Lipinski definition) is 1. The van der Waals surface area contributed by atoms with E-state index in [0.717, 1.165) is 34.1 Å². The number of methoxy groups -OCH3 is 2. The third-order valence-corrected chi connectivity index (χ3v) is 9.82. The van der Waals surface area contributed by atoms with Crippen molar-refractivity contribution in [2.24, 2.45) is 0 Å². The van der Waals surface area contributed by atoms with Crippen LogP contribution in [0.4, 0.5) is 9.52 Å². The fourth-order valence-corrected chi connectivity index (χ4v) is 7.03. The van der Waals surface area contributed by atoms with Gasteiger partial charge in [0.05, 0.1) is 25.8 Å². The number of hydrogen-bond acceptors (Lipinski definition) is 10. The van der Waals surface area contributed by atoms with Gasteiger partial charge in [0.15, 0.2) is 27.4 Å². The molecular formula is C36H30FN3O6S2. The molecule has 4 aromatic carbocycles. The minimum atomic E-state index is -1.14. The van der Waals surface area contributed by atoms with Crippen molar-refractivity contribution < 1.29 is 33.3 Å². The molecule has 0 aliphatic carbocycles. The van der Waals surface area contributed by atoms with Gasteiger partial charge in [-0.2, -0.15) is 0 Å². The summed E-state index contributed by atoms with van der Waals surface area (Å²) in [6.45, 7) is 2.30. The summed E-state index contributed by atoms with van der Waals surface area (Å²) in [5.41, 5.74) is 3.39. The second-order valence-corrected chi connectivity index (χ2v) is 13.0. The van der Waals surface area contributed by atoms with Crippen LogP contribution < -0.4 is 19.1 Å². The van der Waals surface area contributed by atoms with E-state index in [1.54, 1.807) is 18.2 Å². The van der Waals surface area contributed by atoms with Gasteiger partial charge in [-0.1, -0.05) is 89.3 Å². The summed E-state index contributed by atoms with van der Waals surface area (Å²) in [5.74, 6) is -1.80. The highest BCUT2D eigenvalue weighted by Gasteiger charge is 2.48. The highest BCUT2D eigenvalue weighted by molar-refractivity contribution is 8.00. The molecule has 1 N–H and O–H groups in total. The van der Waals surface area contributed by atoms with E-state index in [1.165, 1.54) is 43.0 Å². The molecule has 5 aromatic rings. The summed E-state index contributed by atoms with van der Waals surface area (Å²) >= 11 is 2.60. The van der Waals surface area contributed by atoms with Gasteiger partial charge in [0.2, 0.25) is 5.13 Å². The predicted octanol–water partition coefficient (Wildman–Crippen LogP) is 7.50. The molecule has 0 spiro atoms. The summed E-state index contributed by atoms with van der Waals surface area (Å²) in [4.78, 5) is 28.6. The Balaban J connectivity index is 1.39. The molecule has 1 saturated heterocycles. The Morgan fingerprint density at radius 3 is 2.33 bits per heavy atom. The summed E-state index contributed by atoms with van der Waals surface area (Å²) in [7, 11) is 2.80. The number of nitrogens with zero attached hydrogens (tertiary/aromatic N) is 3. The highest BCUT2D eigenvalue weighted by atomic mass is 32.2. The van der Waals surface area contributed by atoms with E-state index in [4.69, 9.17) is 14.2 Å². The van der Waals surface area contributed by atoms with Crippen LogP contribution in [-0.2, 0) is 21.9 Å². The first kappa shape index (κ1) is 32.7. The second kappa shape index (κ2) is 14.3. The lowest BCUT2D eigenvalue weighted by Crippen LogP contribution is -2.29. The number of ether oxygens (including phenoxy) is 3. The molecule has 1 fully saturated rings. The molecule has 0 bridgehead atoms. The SMILES string of the molecule is COc1ccc(C(O)=C2C(=O)C(=O)N(c3nnc(SCc4ccc(C)cc4)s3)C2c2ccc(OCc3ccccc3)c(OC)c2)cc1F. The molecule has 0 radical (unpaired) electrons. The van der Waals surface area contributed by atoms with Crippen LogP contribution in [0, 0.1) is 12.7 Å². The molecule has 0 saturated carbocycles. The molecule has 244 valence electrons. The van der Waals surface area contributed by atoms with E-state index in [0.29, 0.717) is 27.2 Å². The molecule has 1 unspecified atom stereocenters. The van der Waals surface area contributed by atoms with Crippen molar-refractivity contribution in [2.75, 3.05) is 19.1 Å². The first-order valence-electron chi connectivity index (χ1n) is 14.8. The average molecular weight is 684 g/mol. The van der Waals surface area contributed by atoms with Crippen molar-refractivity contribution in [3.8, 4) is 17.2 Å². The van der Waals surface area contributed by atoms with Crippen molar-refractivity contribution in [1.29, 1.82) is 0 Å². The smallest absolute Gasteiger partial charge is 0.301 e. The molecule has 1 aromatic heterocycles. The number of aliphatic hydroxyl groups excluding tert-OH is 1. The summed E-state index contributed by atoms with van der Waals surface area (Å²) in [5, 5.41) is 20.2. The zero-order chi connectivity index (χ0) is 33.8. The van der Waals surface area contributed by atoms with Gasteiger partial charge in [0.1, 0.15) is 12.4 Å². The van der Waals surface area contributed by atoms with E-state index in [9.17, 15) is 19.1 Å². The molecular weight excluding hydrogens is 654 g/mol. The van der Waals surface area contributed by atoms with Crippen LogP contribution in [0.25, 0.3) is 5.76 Å². The molecule has 2 heterocycles. The van der Waals surface area contributed by atoms with Gasteiger partial charge in [0.25, 0.3) is 5.78 Å². The molecule has 1 aliphatic rings. The maximum absolute atomic E-state index is 14.7. The summed E-state index contributed by atoms with van der Waals surface area (Å²) in [6.07, 6.45) is 0. The number of aromatic nitrogens is 2. The van der Waals surface area contributed by atoms with Gasteiger partial charge < -0.3 is 19.3 Å². The minimum Gasteiger partial charge on any atom is -0.507 e. The van der Waals surface area contributed by atoms with Gasteiger partial charge >= 0.3 is 5.91 Å². The maximum atomic E-state index is 14.7. The number of anilines is 1. The monoisotopic (exact) mass is 683 g/mol. The van der Waals surface area contributed by atoms with Crippen molar-refractivity contribution in [1.82, 2.24) is 10.2 Å². The lowest BCUT2D eigenvalue weighted by Gasteiger charge is -2.23. The van der Waals surface area contributed by atoms with E-state index in [1.807, 2.05) is 61.5 Å². The Hall–Kier alpha value is -5.20. The topological polar surface area (TPSA) is 111 Å². The molecule has 1 aliphatic heterocycles. The lowest BCUT2D eigenvalue weighted by molar-refractivity contribution is -0.132. The van der Waals surface area contributed by atoms with E-state index in [-0.39, 0.29) is 28.6 Å². The molecule has 6 rings (SSSR count). The standard InChI is InChI=1S/C36H30FN3O6S2/c1-21-9-11-23(12-10-21)20-47-36-39-38-35(48-36)40-31(24-13-16-28(29(18-24)45-3)46-19-22-7-5-4-6-8-22)30(33(42)34(40)43)32(41)25-14-15-27(44-2)26(37)17-25/h4-18,31,41H,19-20H2,1-3H3. The number of rotatable bonds is 11. The van der Waals surface area contributed by atoms with E-state index < -0.39 is 29.3 Å².